The first-order chi connectivity index (χ1) is 16.5. The van der Waals surface area contributed by atoms with Crippen molar-refractivity contribution in [2.24, 2.45) is 11.8 Å². The van der Waals surface area contributed by atoms with Gasteiger partial charge in [0, 0.05) is 18.0 Å². The fourth-order valence-corrected chi connectivity index (χ4v) is 5.52. The first-order valence-electron chi connectivity index (χ1n) is 11.8. The summed E-state index contributed by atoms with van der Waals surface area (Å²) in [5, 5.41) is 15.0. The third-order valence-corrected chi connectivity index (χ3v) is 7.23. The number of aliphatic carboxylic acids is 1. The third kappa shape index (κ3) is 4.30. The van der Waals surface area contributed by atoms with E-state index in [0.717, 1.165) is 17.5 Å². The van der Waals surface area contributed by atoms with Crippen molar-refractivity contribution in [1.29, 1.82) is 0 Å². The van der Waals surface area contributed by atoms with Crippen molar-refractivity contribution in [3.63, 3.8) is 0 Å². The Hall–Kier alpha value is -3.61. The Morgan fingerprint density at radius 3 is 2.24 bits per heavy atom. The number of hydrogen-bond acceptors (Lipinski definition) is 4. The second-order valence-corrected chi connectivity index (χ2v) is 9.29. The monoisotopic (exact) mass is 460 g/mol. The summed E-state index contributed by atoms with van der Waals surface area (Å²) < 4.78 is 5.65. The van der Waals surface area contributed by atoms with Crippen molar-refractivity contribution in [3.05, 3.63) is 71.8 Å². The lowest BCUT2D eigenvalue weighted by molar-refractivity contribution is -0.140. The van der Waals surface area contributed by atoms with Crippen LogP contribution in [0.5, 0.6) is 0 Å². The molecule has 3 N–H and O–H groups in total. The summed E-state index contributed by atoms with van der Waals surface area (Å²) in [5.74, 6) is -1.97. The molecule has 1 saturated carbocycles. The van der Waals surface area contributed by atoms with E-state index < -0.39 is 18.0 Å². The summed E-state index contributed by atoms with van der Waals surface area (Å²) in [6, 6.07) is 15.8. The van der Waals surface area contributed by atoms with Crippen LogP contribution in [0.1, 0.15) is 42.7 Å². The average molecular weight is 461 g/mol. The van der Waals surface area contributed by atoms with Gasteiger partial charge in [0.25, 0.3) is 0 Å². The Morgan fingerprint density at radius 2 is 1.59 bits per heavy atom. The van der Waals surface area contributed by atoms with Crippen LogP contribution in [-0.4, -0.2) is 41.8 Å². The number of fused-ring (bicyclic) bond motifs is 3. The van der Waals surface area contributed by atoms with Gasteiger partial charge in [-0.15, -0.1) is 0 Å². The molecule has 2 aromatic rings. The normalized spacial score (nSPS) is 24.9. The van der Waals surface area contributed by atoms with Crippen molar-refractivity contribution < 1.29 is 24.2 Å². The van der Waals surface area contributed by atoms with Crippen LogP contribution in [0.25, 0.3) is 11.1 Å². The molecular weight excluding hydrogens is 432 g/mol. The Kier molecular flexibility index (Phi) is 6.09. The van der Waals surface area contributed by atoms with E-state index in [2.05, 4.69) is 34.9 Å². The van der Waals surface area contributed by atoms with Gasteiger partial charge in [-0.25, -0.2) is 4.79 Å². The van der Waals surface area contributed by atoms with Gasteiger partial charge < -0.3 is 20.5 Å². The molecule has 0 aromatic heterocycles. The zero-order valence-electron chi connectivity index (χ0n) is 18.8. The molecule has 2 amide bonds. The van der Waals surface area contributed by atoms with Crippen LogP contribution >= 0.6 is 0 Å². The SMILES string of the molecule is O=C(NC1CCCC1C(=O)NC1C=CC(C(=O)O)C1)OCC1c2ccccc2-c2ccccc21. The fourth-order valence-electron chi connectivity index (χ4n) is 5.52. The predicted octanol–water partition coefficient (Wildman–Crippen LogP) is 3.84. The average Bonchev–Trinajstić information content (AvgIpc) is 3.56. The van der Waals surface area contributed by atoms with Gasteiger partial charge >= 0.3 is 12.1 Å². The Morgan fingerprint density at radius 1 is 0.912 bits per heavy atom. The fraction of sp³-hybridized carbons (Fsp3) is 0.370. The maximum Gasteiger partial charge on any atom is 0.407 e. The number of hydrogen-bond donors (Lipinski definition) is 3. The lowest BCUT2D eigenvalue weighted by atomic mass is 9.98. The van der Waals surface area contributed by atoms with E-state index in [4.69, 9.17) is 9.84 Å². The molecular formula is C27H28N2O5. The minimum Gasteiger partial charge on any atom is -0.481 e. The number of nitrogens with one attached hydrogen (secondary N) is 2. The molecule has 176 valence electrons. The van der Waals surface area contributed by atoms with E-state index in [0.29, 0.717) is 19.3 Å². The van der Waals surface area contributed by atoms with Crippen molar-refractivity contribution in [2.75, 3.05) is 6.61 Å². The number of carboxylic acid groups (broad SMARTS) is 1. The molecule has 7 nitrogen and oxygen atoms in total. The standard InChI is InChI=1S/C27H28N2O5/c30-25(28-17-13-12-16(14-17)26(31)32)22-10-5-11-24(22)29-27(33)34-15-23-20-8-3-1-6-18(20)19-7-2-4-9-21(19)23/h1-4,6-9,12-13,16-17,22-24H,5,10-11,14-15H2,(H,28,30)(H,29,33)(H,31,32). The molecule has 2 aromatic carbocycles. The van der Waals surface area contributed by atoms with Gasteiger partial charge in [0.1, 0.15) is 6.61 Å². The molecule has 34 heavy (non-hydrogen) atoms. The minimum atomic E-state index is -0.885. The smallest absolute Gasteiger partial charge is 0.407 e. The molecule has 0 aliphatic heterocycles. The van der Waals surface area contributed by atoms with Crippen LogP contribution in [0.3, 0.4) is 0 Å². The van der Waals surface area contributed by atoms with Gasteiger partial charge in [0.05, 0.1) is 11.8 Å². The maximum atomic E-state index is 12.8. The van der Waals surface area contributed by atoms with Crippen LogP contribution in [0.2, 0.25) is 0 Å². The molecule has 4 unspecified atom stereocenters. The van der Waals surface area contributed by atoms with E-state index in [1.165, 1.54) is 11.1 Å². The van der Waals surface area contributed by atoms with Crippen LogP contribution in [0.15, 0.2) is 60.7 Å². The summed E-state index contributed by atoms with van der Waals surface area (Å²) in [7, 11) is 0. The van der Waals surface area contributed by atoms with Crippen molar-refractivity contribution in [1.82, 2.24) is 10.6 Å². The molecule has 3 aliphatic carbocycles. The first-order valence-corrected chi connectivity index (χ1v) is 11.8. The molecule has 4 atom stereocenters. The molecule has 0 saturated heterocycles. The summed E-state index contributed by atoms with van der Waals surface area (Å²) >= 11 is 0. The number of carboxylic acids is 1. The lowest BCUT2D eigenvalue weighted by Crippen LogP contribution is -2.46. The molecule has 5 rings (SSSR count). The number of benzene rings is 2. The number of amides is 2. The zero-order valence-corrected chi connectivity index (χ0v) is 18.8. The largest absolute Gasteiger partial charge is 0.481 e. The highest BCUT2D eigenvalue weighted by Crippen LogP contribution is 2.44. The van der Waals surface area contributed by atoms with Crippen LogP contribution in [-0.2, 0) is 14.3 Å². The van der Waals surface area contributed by atoms with Gasteiger partial charge in [-0.3, -0.25) is 9.59 Å². The summed E-state index contributed by atoms with van der Waals surface area (Å²) in [6.45, 7) is 0.229. The highest BCUT2D eigenvalue weighted by Gasteiger charge is 2.36. The van der Waals surface area contributed by atoms with Gasteiger partial charge in [0.15, 0.2) is 0 Å². The maximum absolute atomic E-state index is 12.8. The molecule has 0 spiro atoms. The highest BCUT2D eigenvalue weighted by molar-refractivity contribution is 5.82. The Balaban J connectivity index is 1.17. The van der Waals surface area contributed by atoms with E-state index in [9.17, 15) is 14.4 Å². The van der Waals surface area contributed by atoms with Crippen molar-refractivity contribution in [2.45, 2.75) is 43.7 Å². The Labute approximate surface area is 198 Å². The molecule has 0 heterocycles. The van der Waals surface area contributed by atoms with E-state index in [-0.39, 0.29) is 36.4 Å². The van der Waals surface area contributed by atoms with Crippen molar-refractivity contribution in [3.8, 4) is 11.1 Å². The second-order valence-electron chi connectivity index (χ2n) is 9.29. The Bertz CT molecular complexity index is 1100. The van der Waals surface area contributed by atoms with E-state index in [1.54, 1.807) is 12.2 Å². The number of ether oxygens (including phenoxy) is 1. The molecule has 7 heteroatoms. The van der Waals surface area contributed by atoms with Gasteiger partial charge in [-0.2, -0.15) is 0 Å². The number of carbonyl (C=O) groups excluding carboxylic acids is 2. The highest BCUT2D eigenvalue weighted by atomic mass is 16.5. The third-order valence-electron chi connectivity index (χ3n) is 7.23. The summed E-state index contributed by atoms with van der Waals surface area (Å²) in [4.78, 5) is 36.6. The molecule has 0 bridgehead atoms. The first kappa shape index (κ1) is 22.2. The van der Waals surface area contributed by atoms with Crippen LogP contribution < -0.4 is 10.6 Å². The summed E-state index contributed by atoms with van der Waals surface area (Å²) in [6.07, 6.45) is 5.43. The number of alkyl carbamates (subject to hydrolysis) is 1. The molecule has 1 fully saturated rings. The van der Waals surface area contributed by atoms with Gasteiger partial charge in [-0.1, -0.05) is 67.1 Å². The number of rotatable bonds is 6. The topological polar surface area (TPSA) is 105 Å². The summed E-state index contributed by atoms with van der Waals surface area (Å²) in [5.41, 5.74) is 4.65. The quantitative estimate of drug-likeness (QED) is 0.568. The second kappa shape index (κ2) is 9.33. The number of carbonyl (C=O) groups is 3. The van der Waals surface area contributed by atoms with Crippen LogP contribution in [0.4, 0.5) is 4.79 Å². The zero-order chi connectivity index (χ0) is 23.7. The van der Waals surface area contributed by atoms with Crippen LogP contribution in [0, 0.1) is 11.8 Å². The lowest BCUT2D eigenvalue weighted by Gasteiger charge is -2.23. The van der Waals surface area contributed by atoms with Gasteiger partial charge in [-0.05, 0) is 41.5 Å². The predicted molar refractivity (Wildman–Crippen MR) is 126 cm³/mol. The van der Waals surface area contributed by atoms with E-state index >= 15 is 0 Å². The molecule has 0 radical (unpaired) electrons. The molecule has 3 aliphatic rings. The van der Waals surface area contributed by atoms with Gasteiger partial charge in [0.2, 0.25) is 5.91 Å². The van der Waals surface area contributed by atoms with Crippen molar-refractivity contribution >= 4 is 18.0 Å². The van der Waals surface area contributed by atoms with E-state index in [1.807, 2.05) is 24.3 Å². The minimum absolute atomic E-state index is 0.0165.